The zero-order chi connectivity index (χ0) is 53.3. The maximum atomic E-state index is 14.0. The van der Waals surface area contributed by atoms with E-state index >= 15 is 0 Å². The van der Waals surface area contributed by atoms with Gasteiger partial charge in [-0.2, -0.15) is 0 Å². The average molecular weight is 1620 g/mol. The molecule has 2 aliphatic rings. The molecule has 17 heteroatoms. The van der Waals surface area contributed by atoms with E-state index in [4.69, 9.17) is 4.74 Å². The molecular formula is C53H72I5O8S3V-. The van der Waals surface area contributed by atoms with Crippen LogP contribution in [0.3, 0.4) is 0 Å². The monoisotopic (exact) mass is 1620 g/mol. The van der Waals surface area contributed by atoms with Crippen molar-refractivity contribution < 1.29 is 57.5 Å². The first-order valence-corrected chi connectivity index (χ1v) is 49.4. The molecule has 2 atom stereocenters. The van der Waals surface area contributed by atoms with Gasteiger partial charge in [0.1, 0.15) is 6.61 Å². The Labute approximate surface area is 481 Å². The number of halogens is 5. The molecule has 5 rings (SSSR count). The van der Waals surface area contributed by atoms with Crippen LogP contribution in [-0.4, -0.2) is 54.1 Å². The Morgan fingerprint density at radius 1 is 0.614 bits per heavy atom. The third kappa shape index (κ3) is 20.6. The summed E-state index contributed by atoms with van der Waals surface area (Å²) < 4.78 is 86.2. The number of aryl methyl sites for hydroxylation is 3. The van der Waals surface area contributed by atoms with E-state index in [1.165, 1.54) is 12.5 Å². The van der Waals surface area contributed by atoms with Gasteiger partial charge in [-0.3, -0.25) is 4.79 Å². The second-order valence-electron chi connectivity index (χ2n) is 19.6. The fraction of sp³-hybridized carbons (Fsp3) is 0.491. The summed E-state index contributed by atoms with van der Waals surface area (Å²) in [5.74, 6) is -0.495. The van der Waals surface area contributed by atoms with Crippen molar-refractivity contribution in [3.05, 3.63) is 135 Å². The topological polar surface area (TPSA) is 129 Å². The van der Waals surface area contributed by atoms with Crippen LogP contribution in [0.15, 0.2) is 133 Å². The fourth-order valence-electron chi connectivity index (χ4n) is 9.37. The van der Waals surface area contributed by atoms with Crippen molar-refractivity contribution in [2.45, 2.75) is 160 Å². The molecule has 0 radical (unpaired) electrons. The Hall–Kier alpha value is 0.174. The van der Waals surface area contributed by atoms with Crippen molar-refractivity contribution in [1.29, 1.82) is 0 Å². The zero-order valence-electron chi connectivity index (χ0n) is 42.6. The van der Waals surface area contributed by atoms with E-state index < -0.39 is 40.0 Å². The minimum absolute atomic E-state index is 0.152. The van der Waals surface area contributed by atoms with Crippen LogP contribution in [0.25, 0.3) is 0 Å². The van der Waals surface area contributed by atoms with Gasteiger partial charge in [-0.15, -0.1) is 0 Å². The van der Waals surface area contributed by atoms with Crippen LogP contribution in [0.5, 0.6) is 0 Å². The van der Waals surface area contributed by atoms with Gasteiger partial charge in [0.05, 0.1) is 30.9 Å². The number of sulfone groups is 3. The van der Waals surface area contributed by atoms with Crippen LogP contribution in [0.4, 0.5) is 0 Å². The Morgan fingerprint density at radius 2 is 0.929 bits per heavy atom. The standard InChI is InChI=1S/C29H38O4S2.C24H34O4S.I3.2HI.V/c1-21-9-13-25(14-10-21)34(30,31)19-17-23(3)20-27(28-24(4)8-7-18-29(28,5)6)35(32,33)26-15-11-22(2)12-16-26;1-17-9-11-21(12-10-17)29(26,27)22(16-18(2)13-15-28-20(4)25)23-19(3)8-7-14-24(23,5)6;1-3-2;;;/h9-17,27H,7-8,18-20H2,1-6H3;9-13,22H,7-8,14-16H2,1-6H3;;2*1H;/q;;-1;;;+2/p-2. The Kier molecular flexibility index (Phi) is 29.2. The predicted octanol–water partition coefficient (Wildman–Crippen LogP) is 12.9. The Bertz CT molecular complexity index is 2660. The molecule has 2 aliphatic carbocycles. The summed E-state index contributed by atoms with van der Waals surface area (Å²) in [6.45, 7) is 23.8. The van der Waals surface area contributed by atoms with E-state index in [1.807, 2.05) is 65.0 Å². The summed E-state index contributed by atoms with van der Waals surface area (Å²) in [5, 5.41) is -1.34. The molecule has 8 nitrogen and oxygen atoms in total. The number of rotatable bonds is 15. The molecule has 391 valence electrons. The zero-order valence-corrected chi connectivity index (χ0v) is 57.3. The van der Waals surface area contributed by atoms with E-state index in [2.05, 4.69) is 119 Å². The quantitative estimate of drug-likeness (QED) is 0.0836. The van der Waals surface area contributed by atoms with E-state index in [9.17, 15) is 30.0 Å². The van der Waals surface area contributed by atoms with Gasteiger partial charge in [0.25, 0.3) is 0 Å². The summed E-state index contributed by atoms with van der Waals surface area (Å²) in [7, 11) is -10.1. The van der Waals surface area contributed by atoms with Crippen LogP contribution >= 0.6 is 77.2 Å². The van der Waals surface area contributed by atoms with E-state index in [0.717, 1.165) is 83.1 Å². The molecule has 0 saturated carbocycles. The van der Waals surface area contributed by atoms with Gasteiger partial charge in [0.2, 0.25) is 0 Å². The first-order chi connectivity index (χ1) is 32.5. The number of allylic oxidation sites excluding steroid dienone is 4. The Balaban J connectivity index is 0.000000437. The van der Waals surface area contributed by atoms with Crippen molar-refractivity contribution in [2.24, 2.45) is 10.8 Å². The molecule has 0 heterocycles. The maximum absolute atomic E-state index is 14.0. The number of hydrogen-bond donors (Lipinski definition) is 0. The molecule has 2 unspecified atom stereocenters. The van der Waals surface area contributed by atoms with Crippen molar-refractivity contribution in [2.75, 3.05) is 12.4 Å². The molecule has 70 heavy (non-hydrogen) atoms. The molecule has 0 spiro atoms. The molecule has 0 N–H and O–H groups in total. The van der Waals surface area contributed by atoms with Gasteiger partial charge >= 0.3 is 106 Å². The summed E-state index contributed by atoms with van der Waals surface area (Å²) in [5.41, 5.74) is 8.67. The first-order valence-electron chi connectivity index (χ1n) is 23.1. The molecule has 0 aromatic heterocycles. The molecule has 0 amide bonds. The molecule has 0 aliphatic heterocycles. The van der Waals surface area contributed by atoms with Gasteiger partial charge in [-0.05, 0) is 164 Å². The number of esters is 1. The normalized spacial score (nSPS) is 17.1. The van der Waals surface area contributed by atoms with Crippen LogP contribution in [-0.2, 0) is 48.5 Å². The second kappa shape index (κ2) is 30.8. The second-order valence-corrected chi connectivity index (χ2v) is 53.9. The van der Waals surface area contributed by atoms with E-state index in [-0.39, 0.29) is 40.5 Å². The Morgan fingerprint density at radius 3 is 1.24 bits per heavy atom. The van der Waals surface area contributed by atoms with Crippen molar-refractivity contribution >= 4 is 113 Å². The third-order valence-corrected chi connectivity index (χ3v) is 18.7. The number of ether oxygens (including phenoxy) is 1. The fourth-order valence-corrected chi connectivity index (χ4v) is 14.9. The molecule has 0 fully saturated rings. The summed E-state index contributed by atoms with van der Waals surface area (Å²) in [4.78, 5) is 12.0. The number of carbonyl (C=O) groups excluding carboxylic acids is 1. The van der Waals surface area contributed by atoms with Gasteiger partial charge < -0.3 is 4.74 Å². The summed E-state index contributed by atoms with van der Waals surface area (Å²) in [6, 6.07) is 21.0. The average Bonchev–Trinajstić information content (AvgIpc) is 3.25. The van der Waals surface area contributed by atoms with Gasteiger partial charge in [0.15, 0.2) is 29.5 Å². The SMILES string of the molecule is CC(=CCS(=O)(=O)c1ccc(C)cc1)CC(C1=C(C)CCCC1(C)C)S(=O)(=O)c1ccc(C)cc1.CC(=O)OCC=C(C)CC(C1=C(C)CCCC1(C)C)S(=O)(=O)c1ccc(C)cc1.I[I-]I.[I][V][I]. The number of hydrogen-bond acceptors (Lipinski definition) is 8. The molecule has 3 aromatic rings. The third-order valence-electron chi connectivity index (χ3n) is 12.9. The van der Waals surface area contributed by atoms with Gasteiger partial charge in [0, 0.05) is 6.92 Å². The molecule has 0 saturated heterocycles. The first kappa shape index (κ1) is 66.3. The summed E-state index contributed by atoms with van der Waals surface area (Å²) in [6.07, 6.45) is 10.0. The molecular weight excluding hydrogens is 1550 g/mol. The van der Waals surface area contributed by atoms with Crippen LogP contribution < -0.4 is 13.3 Å². The van der Waals surface area contributed by atoms with Crippen LogP contribution in [0.1, 0.15) is 130 Å². The number of benzene rings is 3. The van der Waals surface area contributed by atoms with E-state index in [1.54, 1.807) is 54.6 Å². The van der Waals surface area contributed by atoms with Gasteiger partial charge in [-0.1, -0.05) is 109 Å². The van der Waals surface area contributed by atoms with Crippen molar-refractivity contribution in [1.82, 2.24) is 0 Å². The van der Waals surface area contributed by atoms with Crippen molar-refractivity contribution in [3.63, 3.8) is 0 Å². The predicted molar refractivity (Wildman–Crippen MR) is 318 cm³/mol. The molecule has 3 aromatic carbocycles. The van der Waals surface area contributed by atoms with Gasteiger partial charge in [-0.25, -0.2) is 25.3 Å². The van der Waals surface area contributed by atoms with Crippen LogP contribution in [0, 0.1) is 31.6 Å². The van der Waals surface area contributed by atoms with E-state index in [0.29, 0.717) is 38.9 Å². The minimum atomic E-state index is -3.68. The number of carbonyl (C=O) groups is 1. The van der Waals surface area contributed by atoms with Crippen LogP contribution in [0.2, 0.25) is 0 Å². The molecule has 0 bridgehead atoms. The summed E-state index contributed by atoms with van der Waals surface area (Å²) >= 11 is 10.0. The van der Waals surface area contributed by atoms with Crippen molar-refractivity contribution in [3.8, 4) is 0 Å².